The van der Waals surface area contributed by atoms with Crippen molar-refractivity contribution >= 4 is 35.2 Å². The number of methoxy groups -OCH3 is 1. The average Bonchev–Trinajstić information content (AvgIpc) is 3.12. The Morgan fingerprint density at radius 2 is 1.70 bits per heavy atom. The zero-order valence-corrected chi connectivity index (χ0v) is 20.4. The van der Waals surface area contributed by atoms with Crippen molar-refractivity contribution in [2.75, 3.05) is 23.9 Å². The number of aryl methyl sites for hydroxylation is 1. The van der Waals surface area contributed by atoms with Gasteiger partial charge in [-0.3, -0.25) is 9.59 Å². The van der Waals surface area contributed by atoms with Crippen LogP contribution in [0.4, 0.5) is 20.6 Å². The first kappa shape index (κ1) is 25.6. The van der Waals surface area contributed by atoms with E-state index in [1.165, 1.54) is 36.3 Å². The van der Waals surface area contributed by atoms with Gasteiger partial charge < -0.3 is 15.0 Å². The van der Waals surface area contributed by atoms with Crippen LogP contribution < -0.4 is 10.2 Å². The molecule has 1 fully saturated rings. The van der Waals surface area contributed by atoms with Crippen molar-refractivity contribution in [3.8, 4) is 0 Å². The summed E-state index contributed by atoms with van der Waals surface area (Å²) in [7, 11) is 1.28. The van der Waals surface area contributed by atoms with Gasteiger partial charge in [-0.2, -0.15) is 0 Å². The van der Waals surface area contributed by atoms with Crippen molar-refractivity contribution in [2.24, 2.45) is 0 Å². The van der Waals surface area contributed by atoms with Gasteiger partial charge in [0.05, 0.1) is 24.8 Å². The fraction of sp³-hybridized carbons (Fsp3) is 0.214. The van der Waals surface area contributed by atoms with Crippen LogP contribution in [0.5, 0.6) is 0 Å². The zero-order chi connectivity index (χ0) is 26.5. The number of amides is 4. The minimum Gasteiger partial charge on any atom is -0.465 e. The van der Waals surface area contributed by atoms with Crippen molar-refractivity contribution in [2.45, 2.75) is 25.8 Å². The Bertz CT molecular complexity index is 1320. The molecule has 1 heterocycles. The van der Waals surface area contributed by atoms with Gasteiger partial charge in [0.1, 0.15) is 11.9 Å². The summed E-state index contributed by atoms with van der Waals surface area (Å²) in [6, 6.07) is 17.5. The van der Waals surface area contributed by atoms with E-state index in [0.29, 0.717) is 23.4 Å². The summed E-state index contributed by atoms with van der Waals surface area (Å²) in [6.07, 6.45) is 0.128. The van der Waals surface area contributed by atoms with Gasteiger partial charge in [-0.15, -0.1) is 0 Å². The number of carbonyl (C=O) groups is 4. The van der Waals surface area contributed by atoms with Crippen LogP contribution in [0.15, 0.2) is 72.8 Å². The van der Waals surface area contributed by atoms with Gasteiger partial charge in [0.25, 0.3) is 5.91 Å². The second-order valence-electron chi connectivity index (χ2n) is 8.70. The maximum atomic E-state index is 13.4. The van der Waals surface area contributed by atoms with E-state index in [4.69, 9.17) is 0 Å². The highest BCUT2D eigenvalue weighted by molar-refractivity contribution is 6.22. The summed E-state index contributed by atoms with van der Waals surface area (Å²) in [6.45, 7) is 2.03. The van der Waals surface area contributed by atoms with E-state index >= 15 is 0 Å². The molecule has 1 unspecified atom stereocenters. The maximum absolute atomic E-state index is 13.4. The molecule has 3 aromatic carbocycles. The molecule has 4 rings (SSSR count). The summed E-state index contributed by atoms with van der Waals surface area (Å²) >= 11 is 0. The number of urea groups is 1. The number of carbonyl (C=O) groups excluding carboxylic acids is 4. The lowest BCUT2D eigenvalue weighted by molar-refractivity contribution is -0.124. The Balaban J connectivity index is 1.53. The standard InChI is InChI=1S/C28H26FN3O5/c1-18-4-3-5-23(16-18)32-26(34)24(31(28(32)36)15-14-19-6-10-21(29)11-7-19)17-25(33)30-22-12-8-20(9-13-22)27(35)37-2/h3-13,16,24H,14-15,17H2,1-2H3,(H,30,33). The third-order valence-corrected chi connectivity index (χ3v) is 6.10. The van der Waals surface area contributed by atoms with Crippen molar-refractivity contribution in [3.63, 3.8) is 0 Å². The highest BCUT2D eigenvalue weighted by Crippen LogP contribution is 2.28. The highest BCUT2D eigenvalue weighted by Gasteiger charge is 2.46. The van der Waals surface area contributed by atoms with Crippen LogP contribution in [-0.4, -0.2) is 48.4 Å². The van der Waals surface area contributed by atoms with Gasteiger partial charge in [-0.1, -0.05) is 24.3 Å². The number of anilines is 2. The number of hydrogen-bond acceptors (Lipinski definition) is 5. The summed E-state index contributed by atoms with van der Waals surface area (Å²) in [4.78, 5) is 53.8. The van der Waals surface area contributed by atoms with Gasteiger partial charge in [-0.05, 0) is 73.0 Å². The SMILES string of the molecule is COC(=O)c1ccc(NC(=O)CC2C(=O)N(c3cccc(C)c3)C(=O)N2CCc2ccc(F)cc2)cc1. The number of nitrogens with one attached hydrogen (secondary N) is 1. The number of imide groups is 1. The Hall–Kier alpha value is -4.53. The minimum atomic E-state index is -1.01. The van der Waals surface area contributed by atoms with Crippen molar-refractivity contribution in [3.05, 3.63) is 95.3 Å². The lowest BCUT2D eigenvalue weighted by Gasteiger charge is -2.21. The molecule has 1 aliphatic rings. The van der Waals surface area contributed by atoms with Gasteiger partial charge in [-0.25, -0.2) is 18.9 Å². The van der Waals surface area contributed by atoms with Gasteiger partial charge in [0.15, 0.2) is 0 Å². The molecular formula is C28H26FN3O5. The molecule has 3 aromatic rings. The van der Waals surface area contributed by atoms with Crippen LogP contribution >= 0.6 is 0 Å². The molecule has 8 nitrogen and oxygen atoms in total. The van der Waals surface area contributed by atoms with Crippen LogP contribution in [-0.2, 0) is 20.7 Å². The Kier molecular flexibility index (Phi) is 7.62. The molecule has 1 N–H and O–H groups in total. The largest absolute Gasteiger partial charge is 0.465 e. The minimum absolute atomic E-state index is 0.171. The van der Waals surface area contributed by atoms with E-state index in [9.17, 15) is 23.6 Å². The number of rotatable bonds is 8. The van der Waals surface area contributed by atoms with Crippen molar-refractivity contribution in [1.29, 1.82) is 0 Å². The fourth-order valence-corrected chi connectivity index (χ4v) is 4.19. The summed E-state index contributed by atoms with van der Waals surface area (Å²) in [5.74, 6) is -1.82. The Morgan fingerprint density at radius 1 is 1.00 bits per heavy atom. The number of benzene rings is 3. The smallest absolute Gasteiger partial charge is 0.337 e. The van der Waals surface area contributed by atoms with Crippen LogP contribution in [0.2, 0.25) is 0 Å². The first-order chi connectivity index (χ1) is 17.8. The molecule has 1 aliphatic heterocycles. The molecule has 1 saturated heterocycles. The van der Waals surface area contributed by atoms with Crippen LogP contribution in [0.3, 0.4) is 0 Å². The van der Waals surface area contributed by atoms with E-state index in [1.54, 1.807) is 42.5 Å². The number of hydrogen-bond donors (Lipinski definition) is 1. The molecule has 190 valence electrons. The lowest BCUT2D eigenvalue weighted by Crippen LogP contribution is -2.39. The van der Waals surface area contributed by atoms with Crippen LogP contribution in [0.25, 0.3) is 0 Å². The normalized spacial score (nSPS) is 15.2. The number of ether oxygens (including phenoxy) is 1. The third kappa shape index (κ3) is 5.83. The van der Waals surface area contributed by atoms with Gasteiger partial charge in [0.2, 0.25) is 5.91 Å². The molecule has 1 atom stereocenters. The molecule has 0 radical (unpaired) electrons. The second-order valence-corrected chi connectivity index (χ2v) is 8.70. The average molecular weight is 504 g/mol. The van der Waals surface area contributed by atoms with E-state index in [2.05, 4.69) is 10.1 Å². The second kappa shape index (κ2) is 11.0. The predicted octanol–water partition coefficient (Wildman–Crippen LogP) is 4.33. The van der Waals surface area contributed by atoms with Crippen LogP contribution in [0.1, 0.15) is 27.9 Å². The highest BCUT2D eigenvalue weighted by atomic mass is 19.1. The molecule has 0 aromatic heterocycles. The van der Waals surface area contributed by atoms with E-state index in [0.717, 1.165) is 16.0 Å². The topological polar surface area (TPSA) is 96.0 Å². The molecule has 37 heavy (non-hydrogen) atoms. The molecule has 0 bridgehead atoms. The van der Waals surface area contributed by atoms with Crippen molar-refractivity contribution < 1.29 is 28.3 Å². The fourth-order valence-electron chi connectivity index (χ4n) is 4.19. The Morgan fingerprint density at radius 3 is 2.35 bits per heavy atom. The third-order valence-electron chi connectivity index (χ3n) is 6.10. The van der Waals surface area contributed by atoms with Crippen LogP contribution in [0, 0.1) is 12.7 Å². The number of halogens is 1. The predicted molar refractivity (Wildman–Crippen MR) is 136 cm³/mol. The van der Waals surface area contributed by atoms with Gasteiger partial charge >= 0.3 is 12.0 Å². The number of nitrogens with zero attached hydrogens (tertiary/aromatic N) is 2. The van der Waals surface area contributed by atoms with E-state index in [-0.39, 0.29) is 18.8 Å². The first-order valence-corrected chi connectivity index (χ1v) is 11.7. The summed E-state index contributed by atoms with van der Waals surface area (Å²) in [5, 5.41) is 2.71. The van der Waals surface area contributed by atoms with E-state index < -0.39 is 29.9 Å². The van der Waals surface area contributed by atoms with Gasteiger partial charge in [0, 0.05) is 12.2 Å². The molecule has 0 saturated carbocycles. The monoisotopic (exact) mass is 503 g/mol. The quantitative estimate of drug-likeness (QED) is 0.365. The van der Waals surface area contributed by atoms with Crippen molar-refractivity contribution in [1.82, 2.24) is 4.90 Å². The Labute approximate surface area is 213 Å². The summed E-state index contributed by atoms with van der Waals surface area (Å²) in [5.41, 5.74) is 2.88. The molecular weight excluding hydrogens is 477 g/mol. The first-order valence-electron chi connectivity index (χ1n) is 11.7. The molecule has 0 spiro atoms. The molecule has 0 aliphatic carbocycles. The van der Waals surface area contributed by atoms with E-state index in [1.807, 2.05) is 13.0 Å². The summed E-state index contributed by atoms with van der Waals surface area (Å²) < 4.78 is 18.0. The lowest BCUT2D eigenvalue weighted by atomic mass is 10.1. The molecule has 4 amide bonds. The molecule has 9 heteroatoms. The maximum Gasteiger partial charge on any atom is 0.337 e. The zero-order valence-electron chi connectivity index (χ0n) is 20.4. The number of esters is 1.